The van der Waals surface area contributed by atoms with E-state index in [1.165, 1.54) is 0 Å². The summed E-state index contributed by atoms with van der Waals surface area (Å²) in [5, 5.41) is 2.83. The molecule has 0 saturated carbocycles. The van der Waals surface area contributed by atoms with Crippen molar-refractivity contribution in [2.45, 2.75) is 0 Å². The van der Waals surface area contributed by atoms with Gasteiger partial charge in [0.2, 0.25) is 0 Å². The molecule has 0 aliphatic heterocycles. The maximum absolute atomic E-state index is 12.0. The number of likely N-dealkylation sites (N-methyl/N-ethyl adjacent to an activating group) is 1. The third kappa shape index (κ3) is 4.91. The number of H-pyrrole nitrogens is 1. The second kappa shape index (κ2) is 7.28. The molecule has 0 aliphatic rings. The maximum atomic E-state index is 12.0. The minimum atomic E-state index is -0.189. The zero-order valence-corrected chi connectivity index (χ0v) is 13.6. The van der Waals surface area contributed by atoms with Crippen LogP contribution in [0.2, 0.25) is 0 Å². The summed E-state index contributed by atoms with van der Waals surface area (Å²) in [4.78, 5) is 17.0. The topological polar surface area (TPSA) is 57.4 Å². The summed E-state index contributed by atoms with van der Waals surface area (Å²) >= 11 is 3.30. The Labute approximate surface area is 132 Å². The van der Waals surface area contributed by atoms with Gasteiger partial charge in [-0.3, -0.25) is 4.79 Å². The van der Waals surface area contributed by atoms with Gasteiger partial charge < -0.3 is 19.9 Å². The molecule has 0 fully saturated rings. The molecule has 5 nitrogen and oxygen atoms in total. The molecule has 1 amide bonds. The first-order valence-corrected chi connectivity index (χ1v) is 7.37. The molecule has 2 rings (SSSR count). The van der Waals surface area contributed by atoms with Crippen molar-refractivity contribution in [3.05, 3.63) is 46.7 Å². The standard InChI is InChI=1S/C15H18BrN3O2/c1-19(2)6-7-21-13-5-3-4-12(9-13)18-15(20)14-8-11(16)10-17-14/h3-5,8-10,17H,6-7H2,1-2H3,(H,18,20). The molecular weight excluding hydrogens is 334 g/mol. The lowest BCUT2D eigenvalue weighted by atomic mass is 10.3. The van der Waals surface area contributed by atoms with Crippen LogP contribution in [-0.4, -0.2) is 43.0 Å². The van der Waals surface area contributed by atoms with E-state index in [0.29, 0.717) is 18.0 Å². The van der Waals surface area contributed by atoms with E-state index in [9.17, 15) is 4.79 Å². The molecule has 21 heavy (non-hydrogen) atoms. The molecule has 0 atom stereocenters. The van der Waals surface area contributed by atoms with Crippen molar-refractivity contribution in [2.24, 2.45) is 0 Å². The summed E-state index contributed by atoms with van der Waals surface area (Å²) in [6.07, 6.45) is 1.72. The van der Waals surface area contributed by atoms with Crippen molar-refractivity contribution in [1.29, 1.82) is 0 Å². The van der Waals surface area contributed by atoms with Gasteiger partial charge in [0.25, 0.3) is 5.91 Å². The molecule has 0 saturated heterocycles. The molecule has 0 bridgehead atoms. The molecule has 1 aromatic carbocycles. The first-order chi connectivity index (χ1) is 10.0. The number of aromatic nitrogens is 1. The smallest absolute Gasteiger partial charge is 0.272 e. The van der Waals surface area contributed by atoms with E-state index in [2.05, 4.69) is 31.1 Å². The maximum Gasteiger partial charge on any atom is 0.272 e. The van der Waals surface area contributed by atoms with E-state index < -0.39 is 0 Å². The Balaban J connectivity index is 1.96. The van der Waals surface area contributed by atoms with Crippen LogP contribution in [0.5, 0.6) is 5.75 Å². The van der Waals surface area contributed by atoms with Crippen LogP contribution in [0.1, 0.15) is 10.5 Å². The van der Waals surface area contributed by atoms with Crippen LogP contribution < -0.4 is 10.1 Å². The number of halogens is 1. The van der Waals surface area contributed by atoms with Crippen molar-refractivity contribution in [3.63, 3.8) is 0 Å². The predicted octanol–water partition coefficient (Wildman–Crippen LogP) is 2.97. The number of carbonyl (C=O) groups is 1. The molecule has 1 aromatic heterocycles. The zero-order chi connectivity index (χ0) is 15.2. The number of benzene rings is 1. The highest BCUT2D eigenvalue weighted by Gasteiger charge is 2.08. The zero-order valence-electron chi connectivity index (χ0n) is 12.0. The number of aromatic amines is 1. The Bertz CT molecular complexity index is 610. The van der Waals surface area contributed by atoms with Crippen LogP contribution in [0, 0.1) is 0 Å². The quantitative estimate of drug-likeness (QED) is 0.841. The number of hydrogen-bond acceptors (Lipinski definition) is 3. The molecule has 2 N–H and O–H groups in total. The van der Waals surface area contributed by atoms with Crippen LogP contribution in [-0.2, 0) is 0 Å². The summed E-state index contributed by atoms with van der Waals surface area (Å²) in [6.45, 7) is 1.45. The van der Waals surface area contributed by atoms with E-state index in [4.69, 9.17) is 4.74 Å². The van der Waals surface area contributed by atoms with Gasteiger partial charge in [-0.25, -0.2) is 0 Å². The highest BCUT2D eigenvalue weighted by molar-refractivity contribution is 9.10. The number of nitrogens with zero attached hydrogens (tertiary/aromatic N) is 1. The molecule has 6 heteroatoms. The number of anilines is 1. The van der Waals surface area contributed by atoms with Crippen LogP contribution in [0.25, 0.3) is 0 Å². The lowest BCUT2D eigenvalue weighted by Gasteiger charge is -2.12. The fourth-order valence-corrected chi connectivity index (χ4v) is 2.05. The van der Waals surface area contributed by atoms with Gasteiger partial charge in [0, 0.05) is 29.0 Å². The minimum Gasteiger partial charge on any atom is -0.492 e. The Kier molecular flexibility index (Phi) is 5.41. The molecular formula is C15H18BrN3O2. The molecule has 0 unspecified atom stereocenters. The van der Waals surface area contributed by atoms with Crippen LogP contribution in [0.3, 0.4) is 0 Å². The van der Waals surface area contributed by atoms with Crippen LogP contribution >= 0.6 is 15.9 Å². The SMILES string of the molecule is CN(C)CCOc1cccc(NC(=O)c2cc(Br)c[nH]2)c1. The number of ether oxygens (including phenoxy) is 1. The van der Waals surface area contributed by atoms with E-state index in [1.54, 1.807) is 12.3 Å². The highest BCUT2D eigenvalue weighted by Crippen LogP contribution is 2.18. The molecule has 2 aromatic rings. The minimum absolute atomic E-state index is 0.189. The lowest BCUT2D eigenvalue weighted by Crippen LogP contribution is -2.19. The van der Waals surface area contributed by atoms with E-state index in [0.717, 1.165) is 16.8 Å². The van der Waals surface area contributed by atoms with E-state index in [1.807, 2.05) is 38.4 Å². The number of carbonyl (C=O) groups excluding carboxylic acids is 1. The van der Waals surface area contributed by atoms with Gasteiger partial charge in [-0.1, -0.05) is 6.07 Å². The van der Waals surface area contributed by atoms with Crippen LogP contribution in [0.15, 0.2) is 41.0 Å². The molecule has 0 radical (unpaired) electrons. The monoisotopic (exact) mass is 351 g/mol. The average Bonchev–Trinajstić information content (AvgIpc) is 2.85. The van der Waals surface area contributed by atoms with Crippen molar-refractivity contribution in [1.82, 2.24) is 9.88 Å². The summed E-state index contributed by atoms with van der Waals surface area (Å²) in [5.74, 6) is 0.549. The normalized spacial score (nSPS) is 10.7. The Hall–Kier alpha value is -1.79. The highest BCUT2D eigenvalue weighted by atomic mass is 79.9. The molecule has 1 heterocycles. The fraction of sp³-hybridized carbons (Fsp3) is 0.267. The number of amides is 1. The third-order valence-corrected chi connectivity index (χ3v) is 3.25. The predicted molar refractivity (Wildman–Crippen MR) is 86.9 cm³/mol. The van der Waals surface area contributed by atoms with Gasteiger partial charge in [-0.05, 0) is 48.2 Å². The largest absolute Gasteiger partial charge is 0.492 e. The lowest BCUT2D eigenvalue weighted by molar-refractivity contribution is 0.102. The van der Waals surface area contributed by atoms with Gasteiger partial charge in [-0.2, -0.15) is 0 Å². The number of hydrogen-bond donors (Lipinski definition) is 2. The summed E-state index contributed by atoms with van der Waals surface area (Å²) in [5.41, 5.74) is 1.20. The summed E-state index contributed by atoms with van der Waals surface area (Å²) in [6, 6.07) is 9.09. The first kappa shape index (κ1) is 15.6. The van der Waals surface area contributed by atoms with Gasteiger partial charge in [0.15, 0.2) is 0 Å². The van der Waals surface area contributed by atoms with Crippen LogP contribution in [0.4, 0.5) is 5.69 Å². The average molecular weight is 352 g/mol. The van der Waals surface area contributed by atoms with Gasteiger partial charge in [0.05, 0.1) is 0 Å². The first-order valence-electron chi connectivity index (χ1n) is 6.57. The van der Waals surface area contributed by atoms with Gasteiger partial charge >= 0.3 is 0 Å². The number of rotatable bonds is 6. The van der Waals surface area contributed by atoms with E-state index in [-0.39, 0.29) is 5.91 Å². The fourth-order valence-electron chi connectivity index (χ4n) is 1.71. The van der Waals surface area contributed by atoms with Crippen molar-refractivity contribution < 1.29 is 9.53 Å². The Morgan fingerprint density at radius 2 is 2.19 bits per heavy atom. The summed E-state index contributed by atoms with van der Waals surface area (Å²) < 4.78 is 6.48. The Morgan fingerprint density at radius 3 is 2.86 bits per heavy atom. The second-order valence-corrected chi connectivity index (χ2v) is 5.78. The molecule has 0 aliphatic carbocycles. The van der Waals surface area contributed by atoms with Crippen molar-refractivity contribution >= 4 is 27.5 Å². The molecule has 0 spiro atoms. The van der Waals surface area contributed by atoms with Gasteiger partial charge in [0.1, 0.15) is 18.1 Å². The third-order valence-electron chi connectivity index (χ3n) is 2.79. The second-order valence-electron chi connectivity index (χ2n) is 4.87. The van der Waals surface area contributed by atoms with E-state index >= 15 is 0 Å². The van der Waals surface area contributed by atoms with Crippen molar-refractivity contribution in [3.8, 4) is 5.75 Å². The van der Waals surface area contributed by atoms with Gasteiger partial charge in [-0.15, -0.1) is 0 Å². The number of nitrogens with one attached hydrogen (secondary N) is 2. The molecule has 112 valence electrons. The van der Waals surface area contributed by atoms with Crippen molar-refractivity contribution in [2.75, 3.05) is 32.6 Å². The summed E-state index contributed by atoms with van der Waals surface area (Å²) in [7, 11) is 3.99. The Morgan fingerprint density at radius 1 is 1.38 bits per heavy atom.